The van der Waals surface area contributed by atoms with Crippen molar-refractivity contribution in [1.82, 2.24) is 5.32 Å². The van der Waals surface area contributed by atoms with Gasteiger partial charge >= 0.3 is 6.61 Å². The van der Waals surface area contributed by atoms with Gasteiger partial charge in [-0.05, 0) is 31.2 Å². The second kappa shape index (κ2) is 9.33. The number of rotatable bonds is 7. The van der Waals surface area contributed by atoms with E-state index in [4.69, 9.17) is 10.5 Å². The fraction of sp³-hybridized carbons (Fsp3) is 0.417. The molecule has 0 aliphatic rings. The summed E-state index contributed by atoms with van der Waals surface area (Å²) in [6.07, 6.45) is 0.641. The summed E-state index contributed by atoms with van der Waals surface area (Å²) in [4.78, 5) is 11.7. The summed E-state index contributed by atoms with van der Waals surface area (Å²) in [5, 5.41) is 2.62. The Morgan fingerprint density at radius 2 is 2.10 bits per heavy atom. The van der Waals surface area contributed by atoms with Crippen molar-refractivity contribution >= 4 is 18.3 Å². The van der Waals surface area contributed by atoms with Crippen LogP contribution in [0.25, 0.3) is 0 Å². The lowest BCUT2D eigenvalue weighted by Gasteiger charge is -2.11. The number of halogens is 3. The van der Waals surface area contributed by atoms with Gasteiger partial charge in [0.15, 0.2) is 11.5 Å². The number of carbonyl (C=O) groups excluding carboxylic acids is 1. The third-order valence-electron chi connectivity index (χ3n) is 2.31. The summed E-state index contributed by atoms with van der Waals surface area (Å²) in [6, 6.07) is 4.08. The Morgan fingerprint density at radius 1 is 1.40 bits per heavy atom. The van der Waals surface area contributed by atoms with E-state index in [9.17, 15) is 13.6 Å². The smallest absolute Gasteiger partial charge is 0.387 e. The zero-order valence-corrected chi connectivity index (χ0v) is 11.7. The second-order valence-corrected chi connectivity index (χ2v) is 3.64. The number of ether oxygens (including phenoxy) is 2. The second-order valence-electron chi connectivity index (χ2n) is 3.64. The van der Waals surface area contributed by atoms with E-state index < -0.39 is 6.61 Å². The topological polar surface area (TPSA) is 73.6 Å². The number of benzene rings is 1. The van der Waals surface area contributed by atoms with Crippen LogP contribution in [-0.4, -0.2) is 32.7 Å². The molecule has 20 heavy (non-hydrogen) atoms. The maximum atomic E-state index is 12.2. The highest BCUT2D eigenvalue weighted by Gasteiger charge is 2.14. The van der Waals surface area contributed by atoms with Crippen LogP contribution in [0.4, 0.5) is 8.78 Å². The van der Waals surface area contributed by atoms with Gasteiger partial charge in [-0.2, -0.15) is 8.78 Å². The lowest BCUT2D eigenvalue weighted by molar-refractivity contribution is -0.0512. The normalized spacial score (nSPS) is 9.85. The van der Waals surface area contributed by atoms with Gasteiger partial charge in [-0.3, -0.25) is 4.79 Å². The molecule has 114 valence electrons. The van der Waals surface area contributed by atoms with Gasteiger partial charge in [-0.1, -0.05) is 0 Å². The Balaban J connectivity index is 0.00000361. The van der Waals surface area contributed by atoms with E-state index in [0.29, 0.717) is 19.5 Å². The number of amides is 1. The molecule has 0 aliphatic carbocycles. The molecule has 0 saturated carbocycles. The molecule has 1 aromatic rings. The maximum Gasteiger partial charge on any atom is 0.387 e. The fourth-order valence-corrected chi connectivity index (χ4v) is 1.41. The van der Waals surface area contributed by atoms with Crippen molar-refractivity contribution in [3.8, 4) is 11.5 Å². The number of nitrogens with one attached hydrogen (secondary N) is 1. The standard InChI is InChI=1S/C12H16F2N2O3.ClH/c1-18-9-4-3-8(7-10(9)19-12(13)14)11(17)16-6-2-5-15;/h3-4,7,12H,2,5-6,15H2,1H3,(H,16,17);1H. The van der Waals surface area contributed by atoms with Crippen molar-refractivity contribution in [2.24, 2.45) is 5.73 Å². The van der Waals surface area contributed by atoms with Gasteiger partial charge in [0.25, 0.3) is 5.91 Å². The fourth-order valence-electron chi connectivity index (χ4n) is 1.41. The highest BCUT2D eigenvalue weighted by Crippen LogP contribution is 2.29. The van der Waals surface area contributed by atoms with Crippen molar-refractivity contribution in [3.05, 3.63) is 23.8 Å². The van der Waals surface area contributed by atoms with Crippen LogP contribution in [0.15, 0.2) is 18.2 Å². The minimum atomic E-state index is -2.98. The van der Waals surface area contributed by atoms with Crippen LogP contribution in [0.1, 0.15) is 16.8 Å². The highest BCUT2D eigenvalue weighted by atomic mass is 35.5. The van der Waals surface area contributed by atoms with Crippen LogP contribution in [0.3, 0.4) is 0 Å². The number of hydrogen-bond acceptors (Lipinski definition) is 4. The average Bonchev–Trinajstić information content (AvgIpc) is 2.38. The van der Waals surface area contributed by atoms with E-state index in [1.165, 1.54) is 25.3 Å². The zero-order valence-electron chi connectivity index (χ0n) is 10.9. The van der Waals surface area contributed by atoms with Crippen LogP contribution in [0.2, 0.25) is 0 Å². The summed E-state index contributed by atoms with van der Waals surface area (Å²) in [7, 11) is 1.33. The molecule has 1 amide bonds. The third-order valence-corrected chi connectivity index (χ3v) is 2.31. The van der Waals surface area contributed by atoms with Crippen LogP contribution < -0.4 is 20.5 Å². The molecule has 0 fully saturated rings. The van der Waals surface area contributed by atoms with Gasteiger partial charge in [-0.15, -0.1) is 12.4 Å². The Labute approximate surface area is 121 Å². The SMILES string of the molecule is COc1ccc(C(=O)NCCCN)cc1OC(F)F.Cl. The quantitative estimate of drug-likeness (QED) is 0.753. The van der Waals surface area contributed by atoms with Crippen LogP contribution in [0, 0.1) is 0 Å². The number of methoxy groups -OCH3 is 1. The predicted octanol–water partition coefficient (Wildman–Crippen LogP) is 1.80. The number of nitrogens with two attached hydrogens (primary N) is 1. The largest absolute Gasteiger partial charge is 0.493 e. The monoisotopic (exact) mass is 310 g/mol. The molecule has 0 bridgehead atoms. The van der Waals surface area contributed by atoms with Crippen LogP contribution in [-0.2, 0) is 0 Å². The van der Waals surface area contributed by atoms with Gasteiger partial charge in [0, 0.05) is 12.1 Å². The van der Waals surface area contributed by atoms with Crippen molar-refractivity contribution in [1.29, 1.82) is 0 Å². The predicted molar refractivity (Wildman–Crippen MR) is 72.9 cm³/mol. The van der Waals surface area contributed by atoms with Crippen LogP contribution >= 0.6 is 12.4 Å². The minimum absolute atomic E-state index is 0. The van der Waals surface area contributed by atoms with E-state index in [1.54, 1.807) is 0 Å². The lowest BCUT2D eigenvalue weighted by atomic mass is 10.2. The van der Waals surface area contributed by atoms with E-state index in [2.05, 4.69) is 10.1 Å². The molecule has 0 unspecified atom stereocenters. The molecule has 5 nitrogen and oxygen atoms in total. The van der Waals surface area contributed by atoms with Gasteiger partial charge in [0.2, 0.25) is 0 Å². The number of hydrogen-bond donors (Lipinski definition) is 2. The van der Waals surface area contributed by atoms with E-state index in [1.807, 2.05) is 0 Å². The summed E-state index contributed by atoms with van der Waals surface area (Å²) >= 11 is 0. The van der Waals surface area contributed by atoms with Crippen molar-refractivity contribution in [2.75, 3.05) is 20.2 Å². The first kappa shape index (κ1) is 18.4. The molecule has 0 atom stereocenters. The minimum Gasteiger partial charge on any atom is -0.493 e. The van der Waals surface area contributed by atoms with Crippen molar-refractivity contribution in [2.45, 2.75) is 13.0 Å². The van der Waals surface area contributed by atoms with Crippen molar-refractivity contribution in [3.63, 3.8) is 0 Å². The Morgan fingerprint density at radius 3 is 2.65 bits per heavy atom. The summed E-state index contributed by atoms with van der Waals surface area (Å²) < 4.78 is 33.6. The van der Waals surface area contributed by atoms with Gasteiger partial charge in [0.05, 0.1) is 7.11 Å². The number of carbonyl (C=O) groups is 1. The first-order valence-electron chi connectivity index (χ1n) is 5.69. The summed E-state index contributed by atoms with van der Waals surface area (Å²) in [5.41, 5.74) is 5.52. The molecule has 3 N–H and O–H groups in total. The highest BCUT2D eigenvalue weighted by molar-refractivity contribution is 5.94. The maximum absolute atomic E-state index is 12.2. The third kappa shape index (κ3) is 5.58. The Bertz CT molecular complexity index is 433. The molecule has 1 aromatic carbocycles. The Kier molecular flexibility index (Phi) is 8.58. The first-order chi connectivity index (χ1) is 9.08. The summed E-state index contributed by atoms with van der Waals surface area (Å²) in [6.45, 7) is -2.10. The molecule has 0 aromatic heterocycles. The molecule has 0 heterocycles. The van der Waals surface area contributed by atoms with Crippen molar-refractivity contribution < 1.29 is 23.0 Å². The van der Waals surface area contributed by atoms with Gasteiger partial charge in [-0.25, -0.2) is 0 Å². The number of alkyl halides is 2. The van der Waals surface area contributed by atoms with Gasteiger partial charge in [0.1, 0.15) is 0 Å². The first-order valence-corrected chi connectivity index (χ1v) is 5.69. The van der Waals surface area contributed by atoms with E-state index in [-0.39, 0.29) is 35.4 Å². The molecule has 0 saturated heterocycles. The molecule has 8 heteroatoms. The molecule has 1 rings (SSSR count). The molecule has 0 spiro atoms. The van der Waals surface area contributed by atoms with Crippen LogP contribution in [0.5, 0.6) is 11.5 Å². The lowest BCUT2D eigenvalue weighted by Crippen LogP contribution is -2.26. The zero-order chi connectivity index (χ0) is 14.3. The molecular formula is C12H17ClF2N2O3. The molecule has 0 radical (unpaired) electrons. The van der Waals surface area contributed by atoms with Gasteiger partial charge < -0.3 is 20.5 Å². The Hall–Kier alpha value is -1.60. The average molecular weight is 311 g/mol. The molecular weight excluding hydrogens is 294 g/mol. The summed E-state index contributed by atoms with van der Waals surface area (Å²) in [5.74, 6) is -0.419. The van der Waals surface area contributed by atoms with E-state index in [0.717, 1.165) is 0 Å². The molecule has 0 aliphatic heterocycles. The van der Waals surface area contributed by atoms with E-state index >= 15 is 0 Å².